The molecular formula is C21H44N2. The second kappa shape index (κ2) is 16.5. The van der Waals surface area contributed by atoms with Crippen LogP contribution in [0.5, 0.6) is 0 Å². The lowest BCUT2D eigenvalue weighted by atomic mass is 9.95. The summed E-state index contributed by atoms with van der Waals surface area (Å²) in [5, 5.41) is 0. The molecule has 4 N–H and O–H groups in total. The van der Waals surface area contributed by atoms with Crippen molar-refractivity contribution in [1.29, 1.82) is 0 Å². The van der Waals surface area contributed by atoms with Gasteiger partial charge in [0.15, 0.2) is 0 Å². The lowest BCUT2D eigenvalue weighted by molar-refractivity contribution is 0.415. The van der Waals surface area contributed by atoms with E-state index in [1.807, 2.05) is 0 Å². The Morgan fingerprint density at radius 3 is 1.61 bits per heavy atom. The number of unbranched alkanes of at least 4 members (excludes halogenated alkanes) is 12. The maximum atomic E-state index is 6.04. The Hall–Kier alpha value is -0.340. The average Bonchev–Trinajstić information content (AvgIpc) is 2.54. The van der Waals surface area contributed by atoms with Crippen molar-refractivity contribution in [3.05, 3.63) is 12.2 Å². The van der Waals surface area contributed by atoms with E-state index in [-0.39, 0.29) is 5.54 Å². The summed E-state index contributed by atoms with van der Waals surface area (Å²) in [5.74, 6) is 0. The molecular weight excluding hydrogens is 280 g/mol. The third-order valence-electron chi connectivity index (χ3n) is 4.73. The van der Waals surface area contributed by atoms with Crippen molar-refractivity contribution in [3.63, 3.8) is 0 Å². The highest BCUT2D eigenvalue weighted by atomic mass is 14.8. The molecule has 1 atom stereocenters. The summed E-state index contributed by atoms with van der Waals surface area (Å²) in [6.07, 6.45) is 24.8. The first kappa shape index (κ1) is 22.7. The van der Waals surface area contributed by atoms with Gasteiger partial charge in [0.1, 0.15) is 0 Å². The molecule has 0 spiro atoms. The number of hydrogen-bond donors (Lipinski definition) is 2. The van der Waals surface area contributed by atoms with E-state index in [0.29, 0.717) is 6.54 Å². The zero-order chi connectivity index (χ0) is 17.2. The van der Waals surface area contributed by atoms with Crippen molar-refractivity contribution in [1.82, 2.24) is 0 Å². The van der Waals surface area contributed by atoms with Crippen molar-refractivity contribution < 1.29 is 0 Å². The molecule has 2 nitrogen and oxygen atoms in total. The van der Waals surface area contributed by atoms with Crippen molar-refractivity contribution in [3.8, 4) is 0 Å². The quantitative estimate of drug-likeness (QED) is 0.251. The molecule has 0 rings (SSSR count). The molecule has 23 heavy (non-hydrogen) atoms. The van der Waals surface area contributed by atoms with Crippen LogP contribution in [-0.2, 0) is 0 Å². The van der Waals surface area contributed by atoms with E-state index in [2.05, 4.69) is 26.0 Å². The molecule has 0 radical (unpaired) electrons. The SMILES string of the molecule is CCCCCCCCC=CCCCCCCCCC(C)(N)CN. The zero-order valence-corrected chi connectivity index (χ0v) is 16.1. The highest BCUT2D eigenvalue weighted by molar-refractivity contribution is 4.81. The van der Waals surface area contributed by atoms with Crippen LogP contribution in [-0.4, -0.2) is 12.1 Å². The molecule has 0 aromatic heterocycles. The molecule has 0 aromatic carbocycles. The average molecular weight is 325 g/mol. The predicted molar refractivity (Wildman–Crippen MR) is 106 cm³/mol. The number of rotatable bonds is 17. The molecule has 0 saturated carbocycles. The van der Waals surface area contributed by atoms with E-state index in [0.717, 1.165) is 6.42 Å². The third kappa shape index (κ3) is 17.8. The van der Waals surface area contributed by atoms with Crippen LogP contribution in [0.2, 0.25) is 0 Å². The van der Waals surface area contributed by atoms with E-state index in [9.17, 15) is 0 Å². The van der Waals surface area contributed by atoms with Gasteiger partial charge in [0.25, 0.3) is 0 Å². The summed E-state index contributed by atoms with van der Waals surface area (Å²) < 4.78 is 0. The van der Waals surface area contributed by atoms with Gasteiger partial charge >= 0.3 is 0 Å². The number of allylic oxidation sites excluding steroid dienone is 2. The van der Waals surface area contributed by atoms with Crippen LogP contribution in [0, 0.1) is 0 Å². The molecule has 0 amide bonds. The molecule has 0 aliphatic heterocycles. The highest BCUT2D eigenvalue weighted by Crippen LogP contribution is 2.13. The smallest absolute Gasteiger partial charge is 0.0249 e. The molecule has 0 aliphatic carbocycles. The minimum atomic E-state index is -0.152. The zero-order valence-electron chi connectivity index (χ0n) is 16.1. The van der Waals surface area contributed by atoms with Gasteiger partial charge in [-0.05, 0) is 39.0 Å². The molecule has 1 unspecified atom stereocenters. The predicted octanol–water partition coefficient (Wildman–Crippen LogP) is 6.09. The monoisotopic (exact) mass is 324 g/mol. The fourth-order valence-corrected chi connectivity index (χ4v) is 2.88. The summed E-state index contributed by atoms with van der Waals surface area (Å²) in [7, 11) is 0. The van der Waals surface area contributed by atoms with Crippen molar-refractivity contribution in [2.75, 3.05) is 6.54 Å². The molecule has 0 aromatic rings. The number of hydrogen-bond acceptors (Lipinski definition) is 2. The highest BCUT2D eigenvalue weighted by Gasteiger charge is 2.14. The minimum Gasteiger partial charge on any atom is -0.329 e. The largest absolute Gasteiger partial charge is 0.329 e. The van der Waals surface area contributed by atoms with Gasteiger partial charge in [-0.15, -0.1) is 0 Å². The second-order valence-electron chi connectivity index (χ2n) is 7.55. The Kier molecular flexibility index (Phi) is 16.3. The maximum Gasteiger partial charge on any atom is 0.0249 e. The fourth-order valence-electron chi connectivity index (χ4n) is 2.88. The summed E-state index contributed by atoms with van der Waals surface area (Å²) >= 11 is 0. The molecule has 138 valence electrons. The summed E-state index contributed by atoms with van der Waals surface area (Å²) in [6.45, 7) is 4.93. The van der Waals surface area contributed by atoms with Crippen LogP contribution < -0.4 is 11.5 Å². The summed E-state index contributed by atoms with van der Waals surface area (Å²) in [4.78, 5) is 0. The Bertz CT molecular complexity index is 259. The first-order chi connectivity index (χ1) is 11.1. The van der Waals surface area contributed by atoms with Crippen LogP contribution in [0.15, 0.2) is 12.2 Å². The molecule has 0 heterocycles. The topological polar surface area (TPSA) is 52.0 Å². The van der Waals surface area contributed by atoms with Gasteiger partial charge in [-0.1, -0.05) is 83.3 Å². The minimum absolute atomic E-state index is 0.152. The Morgan fingerprint density at radius 2 is 1.13 bits per heavy atom. The molecule has 0 fully saturated rings. The van der Waals surface area contributed by atoms with Gasteiger partial charge in [0, 0.05) is 12.1 Å². The lowest BCUT2D eigenvalue weighted by Gasteiger charge is -2.21. The third-order valence-corrected chi connectivity index (χ3v) is 4.73. The van der Waals surface area contributed by atoms with E-state index in [1.54, 1.807) is 0 Å². The van der Waals surface area contributed by atoms with E-state index < -0.39 is 0 Å². The first-order valence-electron chi connectivity index (χ1n) is 10.3. The van der Waals surface area contributed by atoms with Gasteiger partial charge in [0.05, 0.1) is 0 Å². The Balaban J connectivity index is 3.16. The van der Waals surface area contributed by atoms with Gasteiger partial charge in [-0.3, -0.25) is 0 Å². The van der Waals surface area contributed by atoms with Crippen molar-refractivity contribution in [2.24, 2.45) is 11.5 Å². The van der Waals surface area contributed by atoms with Gasteiger partial charge in [0.2, 0.25) is 0 Å². The van der Waals surface area contributed by atoms with Crippen LogP contribution in [0.3, 0.4) is 0 Å². The van der Waals surface area contributed by atoms with Gasteiger partial charge in [-0.2, -0.15) is 0 Å². The van der Waals surface area contributed by atoms with Crippen LogP contribution in [0.25, 0.3) is 0 Å². The Labute approximate surface area is 146 Å². The molecule has 2 heteroatoms. The first-order valence-corrected chi connectivity index (χ1v) is 10.3. The molecule has 0 aliphatic rings. The van der Waals surface area contributed by atoms with E-state index in [4.69, 9.17) is 11.5 Å². The van der Waals surface area contributed by atoms with Crippen LogP contribution >= 0.6 is 0 Å². The van der Waals surface area contributed by atoms with Crippen LogP contribution in [0.4, 0.5) is 0 Å². The van der Waals surface area contributed by atoms with E-state index >= 15 is 0 Å². The summed E-state index contributed by atoms with van der Waals surface area (Å²) in [6, 6.07) is 0. The Morgan fingerprint density at radius 1 is 0.696 bits per heavy atom. The maximum absolute atomic E-state index is 6.04. The van der Waals surface area contributed by atoms with Crippen molar-refractivity contribution >= 4 is 0 Å². The van der Waals surface area contributed by atoms with Crippen molar-refractivity contribution in [2.45, 2.75) is 116 Å². The van der Waals surface area contributed by atoms with Gasteiger partial charge in [-0.25, -0.2) is 0 Å². The number of nitrogens with two attached hydrogens (primary N) is 2. The van der Waals surface area contributed by atoms with E-state index in [1.165, 1.54) is 89.9 Å². The second-order valence-corrected chi connectivity index (χ2v) is 7.55. The van der Waals surface area contributed by atoms with Gasteiger partial charge < -0.3 is 11.5 Å². The lowest BCUT2D eigenvalue weighted by Crippen LogP contribution is -2.43. The molecule has 0 bridgehead atoms. The van der Waals surface area contributed by atoms with Crippen LogP contribution in [0.1, 0.15) is 110 Å². The normalized spacial score (nSPS) is 14.4. The standard InChI is InChI=1S/C21H44N2/c1-3-4-5-6-7-8-9-10-11-12-13-14-15-16-17-18-19-21(2,23)20-22/h10-11H,3-9,12-20,22-23H2,1-2H3. The molecule has 0 saturated heterocycles. The fraction of sp³-hybridized carbons (Fsp3) is 0.905. The summed E-state index contributed by atoms with van der Waals surface area (Å²) in [5.41, 5.74) is 11.5.